The quantitative estimate of drug-likeness (QED) is 0.0792. The number of halogens is 4. The molecule has 0 N–H and O–H groups in total. The van der Waals surface area contributed by atoms with Crippen LogP contribution in [0.1, 0.15) is 0 Å². The van der Waals surface area contributed by atoms with Crippen molar-refractivity contribution in [3.8, 4) is 0 Å². The molecule has 0 spiro atoms. The summed E-state index contributed by atoms with van der Waals surface area (Å²) >= 11 is 0. The van der Waals surface area contributed by atoms with Gasteiger partial charge in [-0.2, -0.15) is 0 Å². The molecule has 0 saturated heterocycles. The minimum Gasteiger partial charge on any atom is -0.310 e. The van der Waals surface area contributed by atoms with Gasteiger partial charge in [-0.05, 0) is 176 Å². The van der Waals surface area contributed by atoms with Gasteiger partial charge in [-0.25, -0.2) is 17.6 Å². The van der Waals surface area contributed by atoms with Crippen LogP contribution in [0.15, 0.2) is 340 Å². The van der Waals surface area contributed by atoms with Crippen molar-refractivity contribution >= 4 is 102 Å². The molecule has 13 aromatic rings. The summed E-state index contributed by atoms with van der Waals surface area (Å²) < 4.78 is 65.4. The van der Waals surface area contributed by atoms with E-state index < -0.39 is 23.3 Å². The van der Waals surface area contributed by atoms with Crippen molar-refractivity contribution in [2.24, 2.45) is 0 Å². The van der Waals surface area contributed by atoms with Gasteiger partial charge in [0, 0.05) is 69.0 Å². The summed E-state index contributed by atoms with van der Waals surface area (Å²) in [6.07, 6.45) is 0. The summed E-state index contributed by atoms with van der Waals surface area (Å²) in [7, 11) is 0. The van der Waals surface area contributed by atoms with Crippen LogP contribution >= 0.6 is 0 Å². The van der Waals surface area contributed by atoms with E-state index in [4.69, 9.17) is 0 Å². The monoisotopic (exact) mass is 1150 g/mol. The lowest BCUT2D eigenvalue weighted by Gasteiger charge is -2.34. The molecule has 0 atom stereocenters. The van der Waals surface area contributed by atoms with Gasteiger partial charge in [-0.1, -0.05) is 152 Å². The first-order valence-electron chi connectivity index (χ1n) is 28.8. The summed E-state index contributed by atoms with van der Waals surface area (Å²) in [6, 6.07) is 107. The average molecular weight is 1150 g/mol. The van der Waals surface area contributed by atoms with Gasteiger partial charge in [-0.15, -0.1) is 0 Å². The number of hydrogen-bond acceptors (Lipinski definition) is 6. The Bertz CT molecular complexity index is 3810. The fourth-order valence-corrected chi connectivity index (χ4v) is 11.3. The predicted molar refractivity (Wildman–Crippen MR) is 354 cm³/mol. The van der Waals surface area contributed by atoms with E-state index in [0.717, 1.165) is 57.6 Å². The largest absolute Gasteiger partial charge is 0.310 e. The van der Waals surface area contributed by atoms with Crippen molar-refractivity contribution in [1.29, 1.82) is 0 Å². The summed E-state index contributed by atoms with van der Waals surface area (Å²) in [5.41, 5.74) is 11.7. The maximum absolute atomic E-state index is 17.3. The highest BCUT2D eigenvalue weighted by Gasteiger charge is 2.28. The molecule has 0 aliphatic carbocycles. The van der Waals surface area contributed by atoms with E-state index in [2.05, 4.69) is 31.7 Å². The lowest BCUT2D eigenvalue weighted by Crippen LogP contribution is -2.18. The zero-order chi connectivity index (χ0) is 59.8. The topological polar surface area (TPSA) is 19.4 Å². The second-order valence-electron chi connectivity index (χ2n) is 20.8. The van der Waals surface area contributed by atoms with Gasteiger partial charge in [0.25, 0.3) is 0 Å². The second-order valence-corrected chi connectivity index (χ2v) is 20.8. The Balaban J connectivity index is 1.08. The summed E-state index contributed by atoms with van der Waals surface area (Å²) in [5.74, 6) is -3.16. The summed E-state index contributed by atoms with van der Waals surface area (Å²) in [4.78, 5) is 12.1. The maximum atomic E-state index is 17.3. The summed E-state index contributed by atoms with van der Waals surface area (Å²) in [6.45, 7) is 0. The molecule has 0 amide bonds. The van der Waals surface area contributed by atoms with Gasteiger partial charge >= 0.3 is 0 Å². The molecule has 13 rings (SSSR count). The van der Waals surface area contributed by atoms with E-state index in [-0.39, 0.29) is 11.4 Å². The van der Waals surface area contributed by atoms with Crippen molar-refractivity contribution in [2.45, 2.75) is 0 Å². The van der Waals surface area contributed by atoms with Crippen LogP contribution in [0.3, 0.4) is 0 Å². The fraction of sp³-hybridized carbons (Fsp3) is 0. The highest BCUT2D eigenvalue weighted by Crippen LogP contribution is 2.50. The SMILES string of the molecule is Fc1ccc(N(c2cc(N(c3ccccc3)c3ccccc3)cc(N(c3ccccc3)c3ccccc3)c2)c2cccc(N(c3cc(N(c4ccccc4)c4ccccc4)cc(N(c4ccccc4)c4ccccc4)c3)c3ccc(F)cc3F)c2)c(F)c1. The van der Waals surface area contributed by atoms with Gasteiger partial charge in [0.15, 0.2) is 0 Å². The molecule has 10 heteroatoms. The van der Waals surface area contributed by atoms with Crippen LogP contribution in [0, 0.1) is 23.3 Å². The lowest BCUT2D eigenvalue weighted by atomic mass is 10.1. The molecule has 6 nitrogen and oxygen atoms in total. The van der Waals surface area contributed by atoms with Crippen molar-refractivity contribution in [1.82, 2.24) is 0 Å². The first-order chi connectivity index (χ1) is 43.3. The Hall–Kier alpha value is -11.6. The zero-order valence-corrected chi connectivity index (χ0v) is 47.5. The Morgan fingerprint density at radius 2 is 0.330 bits per heavy atom. The molecule has 0 unspecified atom stereocenters. The minimum absolute atomic E-state index is 0.0325. The van der Waals surface area contributed by atoms with E-state index in [1.165, 1.54) is 24.3 Å². The first kappa shape index (κ1) is 55.6. The number of nitrogens with zero attached hydrogens (tertiary/aromatic N) is 6. The molecule has 0 radical (unpaired) electrons. The number of anilines is 18. The molecule has 426 valence electrons. The second kappa shape index (κ2) is 25.3. The molecular formula is C78H56F4N6. The van der Waals surface area contributed by atoms with Crippen molar-refractivity contribution in [2.75, 3.05) is 29.4 Å². The Morgan fingerprint density at radius 1 is 0.148 bits per heavy atom. The zero-order valence-electron chi connectivity index (χ0n) is 47.5. The number of rotatable bonds is 18. The third kappa shape index (κ3) is 11.8. The van der Waals surface area contributed by atoms with E-state index >= 15 is 17.6 Å². The van der Waals surface area contributed by atoms with Crippen molar-refractivity contribution < 1.29 is 17.6 Å². The molecule has 0 aliphatic rings. The van der Waals surface area contributed by atoms with Crippen LogP contribution in [0.25, 0.3) is 0 Å². The third-order valence-corrected chi connectivity index (χ3v) is 15.1. The Kier molecular flexibility index (Phi) is 16.0. The van der Waals surface area contributed by atoms with E-state index in [1.807, 2.05) is 291 Å². The van der Waals surface area contributed by atoms with Crippen LogP contribution in [0.2, 0.25) is 0 Å². The summed E-state index contributed by atoms with van der Waals surface area (Å²) in [5, 5.41) is 0. The van der Waals surface area contributed by atoms with Crippen molar-refractivity contribution in [3.63, 3.8) is 0 Å². The third-order valence-electron chi connectivity index (χ3n) is 15.1. The van der Waals surface area contributed by atoms with Crippen LogP contribution in [0.4, 0.5) is 120 Å². The van der Waals surface area contributed by atoms with Crippen molar-refractivity contribution in [3.05, 3.63) is 363 Å². The number of hydrogen-bond donors (Lipinski definition) is 0. The maximum Gasteiger partial charge on any atom is 0.150 e. The molecular weight excluding hydrogens is 1100 g/mol. The molecule has 0 fully saturated rings. The molecule has 13 aromatic carbocycles. The van der Waals surface area contributed by atoms with Gasteiger partial charge in [0.2, 0.25) is 0 Å². The number of para-hydroxylation sites is 8. The Morgan fingerprint density at radius 3 is 0.534 bits per heavy atom. The molecule has 0 aromatic heterocycles. The fourth-order valence-electron chi connectivity index (χ4n) is 11.3. The van der Waals surface area contributed by atoms with Crippen LogP contribution in [0.5, 0.6) is 0 Å². The van der Waals surface area contributed by atoms with Gasteiger partial charge in [-0.3, -0.25) is 0 Å². The van der Waals surface area contributed by atoms with E-state index in [9.17, 15) is 0 Å². The predicted octanol–water partition coefficient (Wildman–Crippen LogP) is 23.1. The van der Waals surface area contributed by atoms with Gasteiger partial charge in [0.1, 0.15) is 23.3 Å². The molecule has 0 heterocycles. The highest BCUT2D eigenvalue weighted by atomic mass is 19.1. The minimum atomic E-state index is -0.828. The lowest BCUT2D eigenvalue weighted by molar-refractivity contribution is 0.583. The average Bonchev–Trinajstić information content (AvgIpc) is 1.57. The molecule has 0 bridgehead atoms. The molecule has 88 heavy (non-hydrogen) atoms. The van der Waals surface area contributed by atoms with E-state index in [1.54, 1.807) is 9.80 Å². The standard InChI is InChI=1S/C78H56F4N6/c79-57-44-46-77(75(81)48-57)87(73-53-69(83(59-26-9-1-10-27-59)60-28-11-2-12-29-60)51-70(54-73)84(61-30-13-3-14-31-61)62-32-15-4-16-33-62)67-42-25-43-68(50-67)88(78-47-45-58(80)49-76(78)82)74-55-71(85(63-34-17-5-18-35-63)64-36-19-6-20-37-64)52-72(56-74)86(65-38-21-7-22-39-65)66-40-23-8-24-41-66/h1-56H. The van der Waals surface area contributed by atoms with E-state index in [0.29, 0.717) is 45.5 Å². The van der Waals surface area contributed by atoms with Crippen LogP contribution in [-0.2, 0) is 0 Å². The number of benzene rings is 13. The van der Waals surface area contributed by atoms with Gasteiger partial charge < -0.3 is 29.4 Å². The Labute approximate surface area is 509 Å². The van der Waals surface area contributed by atoms with Gasteiger partial charge in [0.05, 0.1) is 45.5 Å². The van der Waals surface area contributed by atoms with Crippen LogP contribution in [-0.4, -0.2) is 0 Å². The highest BCUT2D eigenvalue weighted by molar-refractivity contribution is 5.93. The normalized spacial score (nSPS) is 11.0. The smallest absolute Gasteiger partial charge is 0.150 e. The van der Waals surface area contributed by atoms with Crippen LogP contribution < -0.4 is 29.4 Å². The molecule has 0 saturated carbocycles. The molecule has 0 aliphatic heterocycles. The first-order valence-corrected chi connectivity index (χ1v) is 28.8.